The number of nitrogens with one attached hydrogen (secondary N) is 1. The normalized spacial score (nSPS) is 39.8. The summed E-state index contributed by atoms with van der Waals surface area (Å²) < 4.78 is 41.4. The first kappa shape index (κ1) is 32.1. The summed E-state index contributed by atoms with van der Waals surface area (Å²) in [6.45, 7) is 12.9. The summed E-state index contributed by atoms with van der Waals surface area (Å²) in [6.07, 6.45) is 12.1. The molecule has 0 aliphatic heterocycles. The molecule has 0 spiro atoms. The molecule has 4 saturated carbocycles. The first-order valence-electron chi connectivity index (χ1n) is 17.7. The quantitative estimate of drug-likeness (QED) is 0.334. The van der Waals surface area contributed by atoms with Crippen LogP contribution in [0.5, 0.6) is 0 Å². The maximum atomic E-state index is 13.8. The van der Waals surface area contributed by atoms with Crippen LogP contribution in [0, 0.1) is 45.3 Å². The van der Waals surface area contributed by atoms with E-state index in [0.717, 1.165) is 44.0 Å². The SMILES string of the molecule is CC1(C)C(c2ccc(C=O)cc2)=CC[C@@]2(C)C1CC[C@]1(C)C2CC[C@@H]2C3CCC[C@]3(NCc3ncccc3C(F)(F)F)CC[C@]21C. The van der Waals surface area contributed by atoms with Crippen LogP contribution in [0.25, 0.3) is 5.57 Å². The number of hydrogen-bond acceptors (Lipinski definition) is 3. The van der Waals surface area contributed by atoms with Gasteiger partial charge in [0.1, 0.15) is 6.29 Å². The molecule has 0 bridgehead atoms. The van der Waals surface area contributed by atoms with E-state index < -0.39 is 11.7 Å². The van der Waals surface area contributed by atoms with Crippen LogP contribution in [-0.2, 0) is 12.7 Å². The van der Waals surface area contributed by atoms with Gasteiger partial charge in [-0.25, -0.2) is 0 Å². The predicted octanol–water partition coefficient (Wildman–Crippen LogP) is 10.3. The van der Waals surface area contributed by atoms with Crippen molar-refractivity contribution in [2.24, 2.45) is 45.3 Å². The standard InChI is InChI=1S/C40H51F3N2O/c1-35(2)28(27-12-10-26(25-46)11-13-27)16-19-36(3)33(35)17-20-38(5)34(36)15-14-29-30-8-6-18-39(30,22-21-37(29,38)4)45-24-32-31(40(41,42)43)9-7-23-44-32/h7,9-13,16,23,25,29-30,33-34,45H,6,8,14-15,17-22,24H2,1-5H3/t29-,30?,33?,34?,36+,37-,38-,39+/m1/s1. The van der Waals surface area contributed by atoms with E-state index in [1.807, 2.05) is 12.1 Å². The Bertz CT molecular complexity index is 1530. The third-order valence-corrected chi connectivity index (χ3v) is 15.1. The van der Waals surface area contributed by atoms with Crippen molar-refractivity contribution in [2.75, 3.05) is 0 Å². The number of carbonyl (C=O) groups is 1. The fourth-order valence-corrected chi connectivity index (χ4v) is 12.8. The molecule has 6 heteroatoms. The van der Waals surface area contributed by atoms with Gasteiger partial charge in [-0.05, 0) is 126 Å². The molecule has 5 aliphatic carbocycles. The number of benzene rings is 1. The first-order chi connectivity index (χ1) is 21.7. The van der Waals surface area contributed by atoms with E-state index in [4.69, 9.17) is 0 Å². The molecule has 46 heavy (non-hydrogen) atoms. The summed E-state index contributed by atoms with van der Waals surface area (Å²) in [7, 11) is 0. The summed E-state index contributed by atoms with van der Waals surface area (Å²) in [5.74, 6) is 2.30. The minimum absolute atomic E-state index is 0.0343. The molecule has 1 aromatic carbocycles. The number of allylic oxidation sites excluding steroid dienone is 2. The van der Waals surface area contributed by atoms with Crippen LogP contribution in [0.15, 0.2) is 48.7 Å². The zero-order valence-electron chi connectivity index (χ0n) is 28.3. The fourth-order valence-electron chi connectivity index (χ4n) is 12.8. The van der Waals surface area contributed by atoms with Crippen molar-refractivity contribution in [2.45, 2.75) is 117 Å². The molecule has 0 saturated heterocycles. The molecule has 1 heterocycles. The molecule has 5 aliphatic rings. The number of rotatable bonds is 5. The minimum Gasteiger partial charge on any atom is -0.305 e. The van der Waals surface area contributed by atoms with E-state index in [-0.39, 0.29) is 39.4 Å². The lowest BCUT2D eigenvalue weighted by molar-refractivity contribution is -0.217. The number of aromatic nitrogens is 1. The highest BCUT2D eigenvalue weighted by Gasteiger charge is 2.69. The summed E-state index contributed by atoms with van der Waals surface area (Å²) in [4.78, 5) is 15.5. The lowest BCUT2D eigenvalue weighted by atomic mass is 9.33. The second kappa shape index (κ2) is 10.8. The van der Waals surface area contributed by atoms with Crippen LogP contribution in [0.1, 0.15) is 126 Å². The molecule has 8 atom stereocenters. The topological polar surface area (TPSA) is 42.0 Å². The highest BCUT2D eigenvalue weighted by Crippen LogP contribution is 2.76. The molecular formula is C40H51F3N2O. The van der Waals surface area contributed by atoms with Crippen molar-refractivity contribution in [3.05, 3.63) is 71.1 Å². The molecular weight excluding hydrogens is 581 g/mol. The van der Waals surface area contributed by atoms with Crippen molar-refractivity contribution < 1.29 is 18.0 Å². The Balaban J connectivity index is 1.16. The van der Waals surface area contributed by atoms with E-state index in [0.29, 0.717) is 23.7 Å². The number of nitrogens with zero attached hydrogens (tertiary/aromatic N) is 1. The fraction of sp³-hybridized carbons (Fsp3) is 0.650. The molecule has 1 aromatic heterocycles. The Kier molecular flexibility index (Phi) is 7.51. The average molecular weight is 633 g/mol. The van der Waals surface area contributed by atoms with E-state index in [1.165, 1.54) is 61.6 Å². The summed E-state index contributed by atoms with van der Waals surface area (Å²) in [6, 6.07) is 10.7. The molecule has 3 unspecified atom stereocenters. The van der Waals surface area contributed by atoms with Gasteiger partial charge in [0.25, 0.3) is 0 Å². The minimum atomic E-state index is -4.39. The van der Waals surface area contributed by atoms with Gasteiger partial charge in [0.2, 0.25) is 0 Å². The predicted molar refractivity (Wildman–Crippen MR) is 177 cm³/mol. The lowest BCUT2D eigenvalue weighted by Gasteiger charge is -2.72. The van der Waals surface area contributed by atoms with E-state index >= 15 is 0 Å². The summed E-state index contributed by atoms with van der Waals surface area (Å²) in [5.41, 5.74) is 3.49. The van der Waals surface area contributed by atoms with Crippen LogP contribution in [0.2, 0.25) is 0 Å². The van der Waals surface area contributed by atoms with Crippen molar-refractivity contribution >= 4 is 11.9 Å². The molecule has 1 N–H and O–H groups in total. The Morgan fingerprint density at radius 1 is 0.870 bits per heavy atom. The molecule has 248 valence electrons. The molecule has 2 aromatic rings. The maximum absolute atomic E-state index is 13.8. The van der Waals surface area contributed by atoms with E-state index in [2.05, 4.69) is 63.1 Å². The van der Waals surface area contributed by atoms with Crippen molar-refractivity contribution in [1.82, 2.24) is 10.3 Å². The highest BCUT2D eigenvalue weighted by atomic mass is 19.4. The number of carbonyl (C=O) groups excluding carboxylic acids is 1. The number of aldehydes is 1. The molecule has 0 amide bonds. The van der Waals surface area contributed by atoms with Crippen LogP contribution < -0.4 is 5.32 Å². The van der Waals surface area contributed by atoms with Gasteiger partial charge in [0.05, 0.1) is 11.3 Å². The van der Waals surface area contributed by atoms with Crippen molar-refractivity contribution in [3.63, 3.8) is 0 Å². The molecule has 3 nitrogen and oxygen atoms in total. The van der Waals surface area contributed by atoms with Crippen molar-refractivity contribution in [1.29, 1.82) is 0 Å². The first-order valence-corrected chi connectivity index (χ1v) is 17.7. The third kappa shape index (κ3) is 4.54. The monoisotopic (exact) mass is 632 g/mol. The average Bonchev–Trinajstić information content (AvgIpc) is 3.44. The lowest BCUT2D eigenvalue weighted by Crippen LogP contribution is -2.67. The number of pyridine rings is 1. The van der Waals surface area contributed by atoms with Gasteiger partial charge < -0.3 is 5.32 Å². The Hall–Kier alpha value is -2.47. The Labute approximate surface area is 273 Å². The van der Waals surface area contributed by atoms with Gasteiger partial charge in [-0.15, -0.1) is 0 Å². The van der Waals surface area contributed by atoms with Gasteiger partial charge in [0.15, 0.2) is 0 Å². The van der Waals surface area contributed by atoms with E-state index in [9.17, 15) is 18.0 Å². The van der Waals surface area contributed by atoms with Crippen LogP contribution in [0.4, 0.5) is 13.2 Å². The molecule has 4 fully saturated rings. The number of hydrogen-bond donors (Lipinski definition) is 1. The van der Waals surface area contributed by atoms with Gasteiger partial charge >= 0.3 is 6.18 Å². The summed E-state index contributed by atoms with van der Waals surface area (Å²) in [5, 5.41) is 3.76. The van der Waals surface area contributed by atoms with Gasteiger partial charge in [-0.1, -0.05) is 71.4 Å². The van der Waals surface area contributed by atoms with Crippen LogP contribution in [0.3, 0.4) is 0 Å². The molecule has 0 radical (unpaired) electrons. The van der Waals surface area contributed by atoms with Crippen molar-refractivity contribution in [3.8, 4) is 0 Å². The van der Waals surface area contributed by atoms with Gasteiger partial charge in [0, 0.05) is 23.8 Å². The zero-order chi connectivity index (χ0) is 32.8. The molecule has 7 rings (SSSR count). The van der Waals surface area contributed by atoms with Gasteiger partial charge in [-0.3, -0.25) is 9.78 Å². The zero-order valence-corrected chi connectivity index (χ0v) is 28.3. The Morgan fingerprint density at radius 3 is 2.35 bits per heavy atom. The van der Waals surface area contributed by atoms with E-state index in [1.54, 1.807) is 0 Å². The number of halogens is 3. The van der Waals surface area contributed by atoms with Crippen LogP contribution >= 0.6 is 0 Å². The largest absolute Gasteiger partial charge is 0.418 e. The second-order valence-corrected chi connectivity index (χ2v) is 17.0. The van der Waals surface area contributed by atoms with Gasteiger partial charge in [-0.2, -0.15) is 13.2 Å². The number of fused-ring (bicyclic) bond motifs is 7. The van der Waals surface area contributed by atoms with Crippen LogP contribution in [-0.4, -0.2) is 16.8 Å². The Morgan fingerprint density at radius 2 is 1.63 bits per heavy atom. The smallest absolute Gasteiger partial charge is 0.305 e. The summed E-state index contributed by atoms with van der Waals surface area (Å²) >= 11 is 0. The third-order valence-electron chi connectivity index (χ3n) is 15.1. The highest BCUT2D eigenvalue weighted by molar-refractivity contribution is 5.78. The number of alkyl halides is 3. The second-order valence-electron chi connectivity index (χ2n) is 17.0. The maximum Gasteiger partial charge on any atom is 0.418 e.